The first kappa shape index (κ1) is 10.7. The fourth-order valence-electron chi connectivity index (χ4n) is 2.15. The maximum atomic E-state index is 12.9. The molecule has 0 aliphatic rings. The van der Waals surface area contributed by atoms with Gasteiger partial charge in [0.15, 0.2) is 6.29 Å². The van der Waals surface area contributed by atoms with Gasteiger partial charge in [0.05, 0.1) is 5.69 Å². The zero-order valence-electron chi connectivity index (χ0n) is 9.51. The van der Waals surface area contributed by atoms with Crippen LogP contribution in [0.25, 0.3) is 16.8 Å². The van der Waals surface area contributed by atoms with Crippen molar-refractivity contribution in [2.75, 3.05) is 0 Å². The van der Waals surface area contributed by atoms with Crippen LogP contribution < -0.4 is 0 Å². The van der Waals surface area contributed by atoms with E-state index >= 15 is 0 Å². The number of halogens is 1. The molecule has 0 saturated carbocycles. The van der Waals surface area contributed by atoms with Crippen molar-refractivity contribution in [1.29, 1.82) is 0 Å². The SMILES string of the molecule is O=Cc1cc2ccccn2c1-c1ccc(F)cc1. The molecule has 0 fully saturated rings. The van der Waals surface area contributed by atoms with Gasteiger partial charge in [-0.2, -0.15) is 0 Å². The zero-order valence-corrected chi connectivity index (χ0v) is 9.51. The van der Waals surface area contributed by atoms with E-state index < -0.39 is 0 Å². The van der Waals surface area contributed by atoms with Crippen LogP contribution in [0.2, 0.25) is 0 Å². The van der Waals surface area contributed by atoms with Gasteiger partial charge < -0.3 is 4.40 Å². The van der Waals surface area contributed by atoms with Gasteiger partial charge in [0.1, 0.15) is 5.82 Å². The molecule has 3 heteroatoms. The van der Waals surface area contributed by atoms with Crippen LogP contribution in [0.15, 0.2) is 54.7 Å². The summed E-state index contributed by atoms with van der Waals surface area (Å²) in [7, 11) is 0. The summed E-state index contributed by atoms with van der Waals surface area (Å²) in [5, 5.41) is 0. The highest BCUT2D eigenvalue weighted by Gasteiger charge is 2.11. The molecular formula is C15H10FNO. The molecule has 3 aromatic rings. The Morgan fingerprint density at radius 1 is 1.06 bits per heavy atom. The van der Waals surface area contributed by atoms with Crippen molar-refractivity contribution in [2.45, 2.75) is 0 Å². The van der Waals surface area contributed by atoms with Gasteiger partial charge >= 0.3 is 0 Å². The van der Waals surface area contributed by atoms with Crippen molar-refractivity contribution in [3.8, 4) is 11.3 Å². The highest BCUT2D eigenvalue weighted by Crippen LogP contribution is 2.26. The number of nitrogens with zero attached hydrogens (tertiary/aromatic N) is 1. The van der Waals surface area contributed by atoms with E-state index in [2.05, 4.69) is 0 Å². The zero-order chi connectivity index (χ0) is 12.5. The summed E-state index contributed by atoms with van der Waals surface area (Å²) >= 11 is 0. The number of carbonyl (C=O) groups excluding carboxylic acids is 1. The first-order valence-electron chi connectivity index (χ1n) is 5.61. The summed E-state index contributed by atoms with van der Waals surface area (Å²) in [6, 6.07) is 13.7. The maximum Gasteiger partial charge on any atom is 0.152 e. The molecule has 2 aromatic heterocycles. The summed E-state index contributed by atoms with van der Waals surface area (Å²) in [5.74, 6) is -0.285. The number of benzene rings is 1. The van der Waals surface area contributed by atoms with E-state index in [1.54, 1.807) is 12.1 Å². The van der Waals surface area contributed by atoms with Crippen molar-refractivity contribution < 1.29 is 9.18 Å². The molecule has 0 N–H and O–H groups in total. The normalized spacial score (nSPS) is 10.7. The third-order valence-corrected chi connectivity index (χ3v) is 2.95. The minimum atomic E-state index is -0.285. The largest absolute Gasteiger partial charge is 0.316 e. The number of carbonyl (C=O) groups is 1. The van der Waals surface area contributed by atoms with Gasteiger partial charge in [-0.25, -0.2) is 4.39 Å². The number of hydrogen-bond acceptors (Lipinski definition) is 1. The number of aldehydes is 1. The van der Waals surface area contributed by atoms with Crippen LogP contribution in [0.4, 0.5) is 4.39 Å². The number of pyridine rings is 1. The van der Waals surface area contributed by atoms with Crippen LogP contribution in [0.5, 0.6) is 0 Å². The summed E-state index contributed by atoms with van der Waals surface area (Å²) in [4.78, 5) is 11.1. The fourth-order valence-corrected chi connectivity index (χ4v) is 2.15. The second kappa shape index (κ2) is 4.11. The fraction of sp³-hybridized carbons (Fsp3) is 0. The highest BCUT2D eigenvalue weighted by atomic mass is 19.1. The Labute approximate surface area is 103 Å². The lowest BCUT2D eigenvalue weighted by Gasteiger charge is -2.04. The molecule has 0 unspecified atom stereocenters. The van der Waals surface area contributed by atoms with Gasteiger partial charge in [0.25, 0.3) is 0 Å². The summed E-state index contributed by atoms with van der Waals surface area (Å²) in [5.41, 5.74) is 3.16. The van der Waals surface area contributed by atoms with Crippen LogP contribution in [-0.4, -0.2) is 10.7 Å². The van der Waals surface area contributed by atoms with Crippen LogP contribution in [-0.2, 0) is 0 Å². The van der Waals surface area contributed by atoms with E-state index in [-0.39, 0.29) is 5.82 Å². The molecule has 0 spiro atoms. The monoisotopic (exact) mass is 239 g/mol. The molecule has 88 valence electrons. The molecule has 0 bridgehead atoms. The molecule has 0 aliphatic carbocycles. The Balaban J connectivity index is 2.32. The van der Waals surface area contributed by atoms with Gasteiger partial charge in [0.2, 0.25) is 0 Å². The lowest BCUT2D eigenvalue weighted by atomic mass is 10.1. The van der Waals surface area contributed by atoms with Gasteiger partial charge in [-0.15, -0.1) is 0 Å². The molecule has 0 atom stereocenters. The topological polar surface area (TPSA) is 21.5 Å². The van der Waals surface area contributed by atoms with Crippen molar-refractivity contribution in [3.63, 3.8) is 0 Å². The smallest absolute Gasteiger partial charge is 0.152 e. The predicted molar refractivity (Wildman–Crippen MR) is 68.2 cm³/mol. The highest BCUT2D eigenvalue weighted by molar-refractivity contribution is 5.90. The van der Waals surface area contributed by atoms with E-state index in [1.807, 2.05) is 34.9 Å². The van der Waals surface area contributed by atoms with Gasteiger partial charge in [0, 0.05) is 17.3 Å². The molecule has 2 heterocycles. The Hall–Kier alpha value is -2.42. The standard InChI is InChI=1S/C15H10FNO/c16-13-6-4-11(5-7-13)15-12(10-18)9-14-3-1-2-8-17(14)15/h1-10H. The molecule has 2 nitrogen and oxygen atoms in total. The second-order valence-corrected chi connectivity index (χ2v) is 4.07. The molecule has 1 aromatic carbocycles. The molecule has 0 radical (unpaired) electrons. The van der Waals surface area contributed by atoms with E-state index in [0.717, 1.165) is 23.1 Å². The Bertz CT molecular complexity index is 713. The lowest BCUT2D eigenvalue weighted by Crippen LogP contribution is -1.90. The number of hydrogen-bond donors (Lipinski definition) is 0. The third kappa shape index (κ3) is 1.61. The van der Waals surface area contributed by atoms with Crippen LogP contribution in [0.1, 0.15) is 10.4 Å². The number of aromatic nitrogens is 1. The molecule has 18 heavy (non-hydrogen) atoms. The van der Waals surface area contributed by atoms with E-state index in [1.165, 1.54) is 12.1 Å². The second-order valence-electron chi connectivity index (χ2n) is 4.07. The van der Waals surface area contributed by atoms with E-state index in [4.69, 9.17) is 0 Å². The van der Waals surface area contributed by atoms with Crippen molar-refractivity contribution in [1.82, 2.24) is 4.40 Å². The minimum Gasteiger partial charge on any atom is -0.316 e. The quantitative estimate of drug-likeness (QED) is 0.626. The molecule has 3 rings (SSSR count). The predicted octanol–water partition coefficient (Wildman–Crippen LogP) is 3.56. The van der Waals surface area contributed by atoms with E-state index in [0.29, 0.717) is 5.56 Å². The summed E-state index contributed by atoms with van der Waals surface area (Å²) in [6.45, 7) is 0. The molecule has 0 amide bonds. The Kier molecular flexibility index (Phi) is 2.45. The molecule has 0 aliphatic heterocycles. The first-order valence-corrected chi connectivity index (χ1v) is 5.61. The van der Waals surface area contributed by atoms with Gasteiger partial charge in [-0.05, 0) is 48.0 Å². The Morgan fingerprint density at radius 2 is 1.83 bits per heavy atom. The van der Waals surface area contributed by atoms with Gasteiger partial charge in [-0.3, -0.25) is 4.79 Å². The average molecular weight is 239 g/mol. The third-order valence-electron chi connectivity index (χ3n) is 2.95. The minimum absolute atomic E-state index is 0.285. The van der Waals surface area contributed by atoms with E-state index in [9.17, 15) is 9.18 Å². The average Bonchev–Trinajstić information content (AvgIpc) is 2.78. The van der Waals surface area contributed by atoms with Gasteiger partial charge in [-0.1, -0.05) is 6.07 Å². The number of rotatable bonds is 2. The van der Waals surface area contributed by atoms with Crippen molar-refractivity contribution >= 4 is 11.8 Å². The van der Waals surface area contributed by atoms with Crippen LogP contribution in [0.3, 0.4) is 0 Å². The maximum absolute atomic E-state index is 12.9. The summed E-state index contributed by atoms with van der Waals surface area (Å²) < 4.78 is 14.9. The van der Waals surface area contributed by atoms with Crippen LogP contribution in [0, 0.1) is 5.82 Å². The lowest BCUT2D eigenvalue weighted by molar-refractivity contribution is 0.112. The Morgan fingerprint density at radius 3 is 2.56 bits per heavy atom. The molecular weight excluding hydrogens is 229 g/mol. The van der Waals surface area contributed by atoms with Crippen LogP contribution >= 0.6 is 0 Å². The van der Waals surface area contributed by atoms with Crippen molar-refractivity contribution in [2.24, 2.45) is 0 Å². The summed E-state index contributed by atoms with van der Waals surface area (Å²) in [6.07, 6.45) is 2.71. The molecule has 0 saturated heterocycles. The van der Waals surface area contributed by atoms with Crippen molar-refractivity contribution in [3.05, 3.63) is 66.1 Å². The first-order chi connectivity index (χ1) is 8.79. The number of fused-ring (bicyclic) bond motifs is 1.